The van der Waals surface area contributed by atoms with E-state index in [1.54, 1.807) is 35.6 Å². The fraction of sp³-hybridized carbons (Fsp3) is 0.143. The summed E-state index contributed by atoms with van der Waals surface area (Å²) in [6.07, 6.45) is 0.355. The number of amides is 1. The van der Waals surface area contributed by atoms with Crippen LogP contribution in [0, 0.1) is 0 Å². The van der Waals surface area contributed by atoms with Gasteiger partial charge in [0.2, 0.25) is 5.91 Å². The number of Topliss-reactive ketones (excluding diaryl/α,β-unsaturated/α-hetero) is 1. The monoisotopic (exact) mass is 259 g/mol. The number of hydrogen-bond donors (Lipinski definition) is 1. The van der Waals surface area contributed by atoms with Crippen molar-refractivity contribution >= 4 is 28.7 Å². The average molecular weight is 259 g/mol. The highest BCUT2D eigenvalue weighted by atomic mass is 32.1. The molecule has 0 saturated carbocycles. The fourth-order valence-electron chi connectivity index (χ4n) is 1.60. The van der Waals surface area contributed by atoms with Gasteiger partial charge in [-0.1, -0.05) is 12.1 Å². The molecule has 18 heavy (non-hydrogen) atoms. The van der Waals surface area contributed by atoms with Crippen LogP contribution in [-0.2, 0) is 11.2 Å². The van der Waals surface area contributed by atoms with E-state index in [0.29, 0.717) is 17.7 Å². The molecule has 1 N–H and O–H groups in total. The molecule has 0 bridgehead atoms. The predicted octanol–water partition coefficient (Wildman–Crippen LogP) is 3.13. The number of hydrogen-bond acceptors (Lipinski definition) is 3. The maximum absolute atomic E-state index is 11.8. The van der Waals surface area contributed by atoms with Crippen LogP contribution in [-0.4, -0.2) is 11.7 Å². The molecule has 0 fully saturated rings. The summed E-state index contributed by atoms with van der Waals surface area (Å²) >= 11 is 1.57. The number of benzene rings is 1. The molecular weight excluding hydrogens is 246 g/mol. The molecule has 1 aromatic carbocycles. The summed E-state index contributed by atoms with van der Waals surface area (Å²) in [4.78, 5) is 23.0. The third-order valence-electron chi connectivity index (χ3n) is 2.50. The molecule has 0 atom stereocenters. The van der Waals surface area contributed by atoms with Crippen molar-refractivity contribution in [3.05, 3.63) is 52.2 Å². The van der Waals surface area contributed by atoms with Crippen molar-refractivity contribution in [2.45, 2.75) is 13.3 Å². The van der Waals surface area contributed by atoms with Gasteiger partial charge in [-0.15, -0.1) is 0 Å². The van der Waals surface area contributed by atoms with Crippen LogP contribution >= 0.6 is 11.3 Å². The van der Waals surface area contributed by atoms with Crippen LogP contribution in [0.2, 0.25) is 0 Å². The Hall–Kier alpha value is -1.94. The minimum absolute atomic E-state index is 0.0102. The third kappa shape index (κ3) is 3.28. The summed E-state index contributed by atoms with van der Waals surface area (Å²) in [6, 6.07) is 8.88. The molecule has 0 radical (unpaired) electrons. The molecule has 0 spiro atoms. The second kappa shape index (κ2) is 5.60. The maximum Gasteiger partial charge on any atom is 0.228 e. The summed E-state index contributed by atoms with van der Waals surface area (Å²) < 4.78 is 0. The Bertz CT molecular complexity index is 561. The van der Waals surface area contributed by atoms with E-state index < -0.39 is 0 Å². The molecule has 0 unspecified atom stereocenters. The molecular formula is C14H13NO2S. The summed E-state index contributed by atoms with van der Waals surface area (Å²) in [5.74, 6) is -0.0852. The van der Waals surface area contributed by atoms with E-state index >= 15 is 0 Å². The molecule has 92 valence electrons. The molecule has 2 rings (SSSR count). The van der Waals surface area contributed by atoms with Gasteiger partial charge >= 0.3 is 0 Å². The molecule has 0 aliphatic rings. The predicted molar refractivity (Wildman–Crippen MR) is 73.1 cm³/mol. The summed E-state index contributed by atoms with van der Waals surface area (Å²) in [7, 11) is 0. The number of carbonyl (C=O) groups is 2. The maximum atomic E-state index is 11.8. The van der Waals surface area contributed by atoms with E-state index in [1.165, 1.54) is 6.92 Å². The van der Waals surface area contributed by atoms with E-state index in [4.69, 9.17) is 0 Å². The van der Waals surface area contributed by atoms with Gasteiger partial charge < -0.3 is 5.32 Å². The minimum Gasteiger partial charge on any atom is -0.326 e. The van der Waals surface area contributed by atoms with Gasteiger partial charge in [0, 0.05) is 11.3 Å². The number of anilines is 1. The van der Waals surface area contributed by atoms with Crippen LogP contribution in [0.4, 0.5) is 5.69 Å². The van der Waals surface area contributed by atoms with Crippen molar-refractivity contribution in [2.75, 3.05) is 5.32 Å². The van der Waals surface area contributed by atoms with E-state index in [-0.39, 0.29) is 11.7 Å². The van der Waals surface area contributed by atoms with E-state index in [0.717, 1.165) is 5.56 Å². The van der Waals surface area contributed by atoms with Crippen LogP contribution < -0.4 is 5.32 Å². The molecule has 0 aliphatic carbocycles. The minimum atomic E-state index is -0.0749. The standard InChI is InChI=1S/C14H13NO2S/c1-10(16)12-3-2-4-13(8-12)15-14(17)7-11-5-6-18-9-11/h2-6,8-9H,7H2,1H3,(H,15,17). The van der Waals surface area contributed by atoms with E-state index in [2.05, 4.69) is 5.32 Å². The molecule has 1 heterocycles. The number of carbonyl (C=O) groups excluding carboxylic acids is 2. The van der Waals surface area contributed by atoms with Crippen molar-refractivity contribution in [2.24, 2.45) is 0 Å². The van der Waals surface area contributed by atoms with Crippen LogP contribution in [0.3, 0.4) is 0 Å². The highest BCUT2D eigenvalue weighted by molar-refractivity contribution is 7.08. The van der Waals surface area contributed by atoms with Gasteiger partial charge in [-0.3, -0.25) is 9.59 Å². The Balaban J connectivity index is 2.03. The van der Waals surface area contributed by atoms with Crippen LogP contribution in [0.25, 0.3) is 0 Å². The lowest BCUT2D eigenvalue weighted by atomic mass is 10.1. The zero-order valence-corrected chi connectivity index (χ0v) is 10.8. The summed E-state index contributed by atoms with van der Waals surface area (Å²) in [5, 5.41) is 6.68. The van der Waals surface area contributed by atoms with Gasteiger partial charge in [0.05, 0.1) is 6.42 Å². The number of thiophene rings is 1. The second-order valence-corrected chi connectivity index (χ2v) is 4.77. The van der Waals surface area contributed by atoms with Gasteiger partial charge in [0.25, 0.3) is 0 Å². The Labute approximate surface area is 109 Å². The Morgan fingerprint density at radius 1 is 1.28 bits per heavy atom. The van der Waals surface area contributed by atoms with E-state index in [1.807, 2.05) is 16.8 Å². The molecule has 0 saturated heterocycles. The Morgan fingerprint density at radius 3 is 2.78 bits per heavy atom. The molecule has 2 aromatic rings. The van der Waals surface area contributed by atoms with Gasteiger partial charge in [-0.25, -0.2) is 0 Å². The topological polar surface area (TPSA) is 46.2 Å². The van der Waals surface area contributed by atoms with Crippen LogP contribution in [0.5, 0.6) is 0 Å². The third-order valence-corrected chi connectivity index (χ3v) is 3.23. The van der Waals surface area contributed by atoms with Gasteiger partial charge in [-0.2, -0.15) is 11.3 Å². The molecule has 1 amide bonds. The van der Waals surface area contributed by atoms with E-state index in [9.17, 15) is 9.59 Å². The van der Waals surface area contributed by atoms with Crippen LogP contribution in [0.15, 0.2) is 41.1 Å². The molecule has 0 aliphatic heterocycles. The SMILES string of the molecule is CC(=O)c1cccc(NC(=O)Cc2ccsc2)c1. The summed E-state index contributed by atoms with van der Waals surface area (Å²) in [6.45, 7) is 1.51. The lowest BCUT2D eigenvalue weighted by Crippen LogP contribution is -2.14. The zero-order chi connectivity index (χ0) is 13.0. The highest BCUT2D eigenvalue weighted by Crippen LogP contribution is 2.12. The van der Waals surface area contributed by atoms with Crippen molar-refractivity contribution in [1.82, 2.24) is 0 Å². The lowest BCUT2D eigenvalue weighted by molar-refractivity contribution is -0.115. The smallest absolute Gasteiger partial charge is 0.228 e. The lowest BCUT2D eigenvalue weighted by Gasteiger charge is -2.05. The highest BCUT2D eigenvalue weighted by Gasteiger charge is 2.06. The molecule has 4 heteroatoms. The number of ketones is 1. The zero-order valence-electron chi connectivity index (χ0n) is 9.97. The van der Waals surface area contributed by atoms with Crippen molar-refractivity contribution < 1.29 is 9.59 Å². The normalized spacial score (nSPS) is 10.1. The number of nitrogens with one attached hydrogen (secondary N) is 1. The fourth-order valence-corrected chi connectivity index (χ4v) is 2.27. The van der Waals surface area contributed by atoms with Gasteiger partial charge in [-0.05, 0) is 41.4 Å². The summed E-state index contributed by atoms with van der Waals surface area (Å²) in [5.41, 5.74) is 2.26. The quantitative estimate of drug-likeness (QED) is 0.857. The Morgan fingerprint density at radius 2 is 2.11 bits per heavy atom. The first-order chi connectivity index (χ1) is 8.65. The first-order valence-corrected chi connectivity index (χ1v) is 6.51. The van der Waals surface area contributed by atoms with Crippen molar-refractivity contribution in [3.63, 3.8) is 0 Å². The average Bonchev–Trinajstić information content (AvgIpc) is 2.82. The largest absolute Gasteiger partial charge is 0.326 e. The first kappa shape index (κ1) is 12.5. The Kier molecular flexibility index (Phi) is 3.89. The molecule has 3 nitrogen and oxygen atoms in total. The van der Waals surface area contributed by atoms with Crippen molar-refractivity contribution in [1.29, 1.82) is 0 Å². The van der Waals surface area contributed by atoms with Crippen molar-refractivity contribution in [3.8, 4) is 0 Å². The first-order valence-electron chi connectivity index (χ1n) is 5.57. The van der Waals surface area contributed by atoms with Gasteiger partial charge in [0.15, 0.2) is 5.78 Å². The van der Waals surface area contributed by atoms with Crippen LogP contribution in [0.1, 0.15) is 22.8 Å². The number of rotatable bonds is 4. The molecule has 1 aromatic heterocycles. The second-order valence-electron chi connectivity index (χ2n) is 3.99. The van der Waals surface area contributed by atoms with Gasteiger partial charge in [0.1, 0.15) is 0 Å².